The molecule has 2 atom stereocenters. The van der Waals surface area contributed by atoms with Gasteiger partial charge in [0.2, 0.25) is 5.91 Å². The summed E-state index contributed by atoms with van der Waals surface area (Å²) >= 11 is 0. The molecule has 0 fully saturated rings. The predicted molar refractivity (Wildman–Crippen MR) is 136 cm³/mol. The zero-order valence-electron chi connectivity index (χ0n) is 20.1. The van der Waals surface area contributed by atoms with Crippen molar-refractivity contribution in [2.45, 2.75) is 38.9 Å². The second kappa shape index (κ2) is 9.37. The van der Waals surface area contributed by atoms with Gasteiger partial charge in [-0.3, -0.25) is 24.3 Å². The van der Waals surface area contributed by atoms with Crippen LogP contribution in [0, 0.1) is 16.0 Å². The highest BCUT2D eigenvalue weighted by molar-refractivity contribution is 5.84. The van der Waals surface area contributed by atoms with Crippen molar-refractivity contribution in [2.24, 2.45) is 5.92 Å². The summed E-state index contributed by atoms with van der Waals surface area (Å²) in [4.78, 5) is 45.1. The van der Waals surface area contributed by atoms with Crippen molar-refractivity contribution in [1.29, 1.82) is 0 Å². The van der Waals surface area contributed by atoms with E-state index in [1.54, 1.807) is 33.7 Å². The fourth-order valence-electron chi connectivity index (χ4n) is 4.97. The molecule has 182 valence electrons. The Bertz CT molecular complexity index is 1500. The van der Waals surface area contributed by atoms with Gasteiger partial charge in [0, 0.05) is 25.1 Å². The lowest BCUT2D eigenvalue weighted by atomic mass is 9.93. The SMILES string of the molecule is CC(C)[C@H]1C(=O)N(Cc2ccccc2)[C@H](Cc2ccc([N+](=O)[O-])cc2)c2nc3ccccc3c(=O)n21. The zero-order valence-corrected chi connectivity index (χ0v) is 20.1. The van der Waals surface area contributed by atoms with Crippen molar-refractivity contribution in [1.82, 2.24) is 14.5 Å². The van der Waals surface area contributed by atoms with Gasteiger partial charge in [0.25, 0.3) is 11.2 Å². The molecule has 1 aliphatic heterocycles. The van der Waals surface area contributed by atoms with Crippen LogP contribution < -0.4 is 5.56 Å². The Morgan fingerprint density at radius 2 is 1.58 bits per heavy atom. The number of carbonyl (C=O) groups is 1. The van der Waals surface area contributed by atoms with E-state index in [0.717, 1.165) is 11.1 Å². The highest BCUT2D eigenvalue weighted by Crippen LogP contribution is 2.37. The maximum absolute atomic E-state index is 14.0. The normalized spacial score (nSPS) is 17.4. The van der Waals surface area contributed by atoms with Crippen molar-refractivity contribution < 1.29 is 9.72 Å². The third-order valence-corrected chi connectivity index (χ3v) is 6.73. The van der Waals surface area contributed by atoms with Gasteiger partial charge in [-0.25, -0.2) is 4.98 Å². The third-order valence-electron chi connectivity index (χ3n) is 6.73. The van der Waals surface area contributed by atoms with Crippen LogP contribution in [-0.4, -0.2) is 25.3 Å². The van der Waals surface area contributed by atoms with E-state index in [9.17, 15) is 19.7 Å². The summed E-state index contributed by atoms with van der Waals surface area (Å²) in [5.74, 6) is 0.272. The number of benzene rings is 3. The van der Waals surface area contributed by atoms with Gasteiger partial charge in [0.1, 0.15) is 11.9 Å². The number of carbonyl (C=O) groups excluding carboxylic acids is 1. The van der Waals surface area contributed by atoms with Crippen LogP contribution in [0.25, 0.3) is 10.9 Å². The van der Waals surface area contributed by atoms with E-state index >= 15 is 0 Å². The molecule has 2 heterocycles. The highest BCUT2D eigenvalue weighted by atomic mass is 16.6. The quantitative estimate of drug-likeness (QED) is 0.290. The molecular weight excluding hydrogens is 456 g/mol. The molecule has 0 saturated heterocycles. The first-order valence-electron chi connectivity index (χ1n) is 11.9. The van der Waals surface area contributed by atoms with Crippen LogP contribution in [0.5, 0.6) is 0 Å². The van der Waals surface area contributed by atoms with Crippen LogP contribution in [0.2, 0.25) is 0 Å². The van der Waals surface area contributed by atoms with Crippen molar-refractivity contribution in [3.05, 3.63) is 116 Å². The van der Waals surface area contributed by atoms with Crippen molar-refractivity contribution in [3.8, 4) is 0 Å². The van der Waals surface area contributed by atoms with Gasteiger partial charge in [0.15, 0.2) is 0 Å². The summed E-state index contributed by atoms with van der Waals surface area (Å²) < 4.78 is 1.58. The Labute approximate surface area is 208 Å². The number of amides is 1. The first kappa shape index (κ1) is 23.4. The molecule has 8 heteroatoms. The lowest BCUT2D eigenvalue weighted by Gasteiger charge is -2.42. The largest absolute Gasteiger partial charge is 0.326 e. The van der Waals surface area contributed by atoms with Gasteiger partial charge in [-0.1, -0.05) is 68.4 Å². The highest BCUT2D eigenvalue weighted by Gasteiger charge is 2.42. The minimum absolute atomic E-state index is 0.000206. The number of hydrogen-bond donors (Lipinski definition) is 0. The maximum Gasteiger partial charge on any atom is 0.269 e. The molecule has 1 aromatic heterocycles. The number of fused-ring (bicyclic) bond motifs is 2. The summed E-state index contributed by atoms with van der Waals surface area (Å²) in [7, 11) is 0. The monoisotopic (exact) mass is 482 g/mol. The van der Waals surface area contributed by atoms with Crippen LogP contribution in [0.4, 0.5) is 5.69 Å². The number of para-hydroxylation sites is 1. The number of hydrogen-bond acceptors (Lipinski definition) is 5. The Hall–Kier alpha value is -4.33. The van der Waals surface area contributed by atoms with Crippen molar-refractivity contribution in [3.63, 3.8) is 0 Å². The molecule has 0 bridgehead atoms. The Balaban J connectivity index is 1.70. The topological polar surface area (TPSA) is 98.3 Å². The summed E-state index contributed by atoms with van der Waals surface area (Å²) in [6, 6.07) is 22.0. The van der Waals surface area contributed by atoms with Crippen LogP contribution in [-0.2, 0) is 17.8 Å². The lowest BCUT2D eigenvalue weighted by Crippen LogP contribution is -2.51. The first-order valence-corrected chi connectivity index (χ1v) is 11.9. The number of nitro groups is 1. The number of nitrogens with zero attached hydrogens (tertiary/aromatic N) is 4. The lowest BCUT2D eigenvalue weighted by molar-refractivity contribution is -0.384. The Morgan fingerprint density at radius 1 is 0.917 bits per heavy atom. The van der Waals surface area contributed by atoms with Gasteiger partial charge >= 0.3 is 0 Å². The van der Waals surface area contributed by atoms with E-state index < -0.39 is 17.0 Å². The molecule has 5 rings (SSSR count). The zero-order chi connectivity index (χ0) is 25.4. The molecule has 0 aliphatic carbocycles. The van der Waals surface area contributed by atoms with Crippen molar-refractivity contribution in [2.75, 3.05) is 0 Å². The molecule has 0 saturated carbocycles. The molecule has 0 radical (unpaired) electrons. The molecule has 0 spiro atoms. The van der Waals surface area contributed by atoms with Gasteiger partial charge in [0.05, 0.1) is 21.9 Å². The summed E-state index contributed by atoms with van der Waals surface area (Å²) in [6.07, 6.45) is 0.367. The van der Waals surface area contributed by atoms with Crippen LogP contribution in [0.3, 0.4) is 0 Å². The average molecular weight is 483 g/mol. The molecule has 3 aromatic carbocycles. The number of aromatic nitrogens is 2. The van der Waals surface area contributed by atoms with E-state index in [1.165, 1.54) is 12.1 Å². The Kier molecular flexibility index (Phi) is 6.10. The summed E-state index contributed by atoms with van der Waals surface area (Å²) in [6.45, 7) is 4.24. The average Bonchev–Trinajstić information content (AvgIpc) is 2.87. The van der Waals surface area contributed by atoms with E-state index in [-0.39, 0.29) is 23.1 Å². The van der Waals surface area contributed by atoms with Crippen LogP contribution in [0.1, 0.15) is 42.9 Å². The Morgan fingerprint density at radius 3 is 2.25 bits per heavy atom. The number of rotatable bonds is 6. The third kappa shape index (κ3) is 4.15. The molecular formula is C28H26N4O4. The molecule has 1 amide bonds. The predicted octanol–water partition coefficient (Wildman–Crippen LogP) is 4.83. The van der Waals surface area contributed by atoms with Gasteiger partial charge in [-0.05, 0) is 29.2 Å². The van der Waals surface area contributed by atoms with E-state index in [4.69, 9.17) is 4.98 Å². The smallest absolute Gasteiger partial charge is 0.269 e. The number of non-ortho nitro benzene ring substituents is 1. The van der Waals surface area contributed by atoms with Gasteiger partial charge < -0.3 is 4.90 Å². The second-order valence-electron chi connectivity index (χ2n) is 9.45. The van der Waals surface area contributed by atoms with Gasteiger partial charge in [-0.15, -0.1) is 0 Å². The molecule has 0 unspecified atom stereocenters. The molecule has 36 heavy (non-hydrogen) atoms. The van der Waals surface area contributed by atoms with Crippen LogP contribution >= 0.6 is 0 Å². The first-order chi connectivity index (χ1) is 17.3. The second-order valence-corrected chi connectivity index (χ2v) is 9.45. The van der Waals surface area contributed by atoms with E-state index in [1.807, 2.05) is 56.3 Å². The summed E-state index contributed by atoms with van der Waals surface area (Å²) in [5, 5.41) is 11.6. The minimum Gasteiger partial charge on any atom is -0.326 e. The molecule has 1 aliphatic rings. The van der Waals surface area contributed by atoms with Crippen LogP contribution in [0.15, 0.2) is 83.7 Å². The minimum atomic E-state index is -0.679. The van der Waals surface area contributed by atoms with Gasteiger partial charge in [-0.2, -0.15) is 0 Å². The van der Waals surface area contributed by atoms with E-state index in [0.29, 0.717) is 29.7 Å². The molecule has 0 N–H and O–H groups in total. The van der Waals surface area contributed by atoms with E-state index in [2.05, 4.69) is 0 Å². The standard InChI is InChI=1S/C28H26N4O4/c1-18(2)25-28(34)30(17-20-8-4-3-5-9-20)24(16-19-12-14-21(15-13-19)32(35)36)26-29-23-11-7-6-10-22(23)27(33)31(25)26/h3-15,18,24-25H,16-17H2,1-2H3/t24-,25+/m1/s1. The molecule has 4 aromatic rings. The summed E-state index contributed by atoms with van der Waals surface area (Å²) in [5.41, 5.74) is 2.14. The fraction of sp³-hybridized carbons (Fsp3) is 0.250. The fourth-order valence-corrected chi connectivity index (χ4v) is 4.97. The maximum atomic E-state index is 14.0. The molecule has 8 nitrogen and oxygen atoms in total. The number of nitro benzene ring substituents is 1. The van der Waals surface area contributed by atoms with Crippen molar-refractivity contribution >= 4 is 22.5 Å².